The maximum atomic E-state index is 10.9. The molecule has 0 bridgehead atoms. The van der Waals surface area contributed by atoms with Gasteiger partial charge in [-0.3, -0.25) is 0 Å². The Hall–Kier alpha value is -0.860. The maximum absolute atomic E-state index is 10.9. The Labute approximate surface area is 122 Å². The van der Waals surface area contributed by atoms with Gasteiger partial charge >= 0.3 is 0 Å². The first-order chi connectivity index (χ1) is 9.75. The van der Waals surface area contributed by atoms with Gasteiger partial charge in [-0.1, -0.05) is 49.9 Å². The molecular weight excluding hydrogens is 246 g/mol. The van der Waals surface area contributed by atoms with Crippen LogP contribution in [0.4, 0.5) is 0 Å². The third kappa shape index (κ3) is 2.77. The van der Waals surface area contributed by atoms with E-state index in [1.807, 2.05) is 0 Å². The minimum absolute atomic E-state index is 0.0996. The minimum atomic E-state index is -0.404. The SMILES string of the molecule is NCC1(C(O)c2ccc(C3CC3)cc2)CCCCCC1. The van der Waals surface area contributed by atoms with Crippen molar-refractivity contribution in [3.63, 3.8) is 0 Å². The number of benzene rings is 1. The molecule has 0 radical (unpaired) electrons. The van der Waals surface area contributed by atoms with Gasteiger partial charge in [-0.2, -0.15) is 0 Å². The first-order valence-corrected chi connectivity index (χ1v) is 8.23. The molecule has 2 heteroatoms. The lowest BCUT2D eigenvalue weighted by Gasteiger charge is -2.36. The first-order valence-electron chi connectivity index (χ1n) is 8.23. The van der Waals surface area contributed by atoms with Gasteiger partial charge in [0.1, 0.15) is 0 Å². The van der Waals surface area contributed by atoms with Gasteiger partial charge in [0, 0.05) is 12.0 Å². The molecule has 2 saturated carbocycles. The van der Waals surface area contributed by atoms with Crippen molar-refractivity contribution < 1.29 is 5.11 Å². The van der Waals surface area contributed by atoms with Crippen LogP contribution in [0.3, 0.4) is 0 Å². The van der Waals surface area contributed by atoms with Crippen molar-refractivity contribution in [1.82, 2.24) is 0 Å². The molecule has 0 spiro atoms. The summed E-state index contributed by atoms with van der Waals surface area (Å²) >= 11 is 0. The van der Waals surface area contributed by atoms with E-state index in [1.165, 1.54) is 44.1 Å². The fourth-order valence-electron chi connectivity index (χ4n) is 3.74. The van der Waals surface area contributed by atoms with E-state index in [2.05, 4.69) is 24.3 Å². The normalized spacial score (nSPS) is 24.1. The lowest BCUT2D eigenvalue weighted by molar-refractivity contribution is 0.0166. The van der Waals surface area contributed by atoms with E-state index in [0.29, 0.717) is 6.54 Å². The van der Waals surface area contributed by atoms with Crippen molar-refractivity contribution in [2.75, 3.05) is 6.54 Å². The van der Waals surface area contributed by atoms with Gasteiger partial charge in [0.2, 0.25) is 0 Å². The first kappa shape index (κ1) is 14.1. The average Bonchev–Trinajstić information content (AvgIpc) is 3.33. The molecule has 0 aliphatic heterocycles. The molecule has 0 heterocycles. The highest BCUT2D eigenvalue weighted by Gasteiger charge is 2.37. The summed E-state index contributed by atoms with van der Waals surface area (Å²) in [5, 5.41) is 10.9. The van der Waals surface area contributed by atoms with Crippen LogP contribution >= 0.6 is 0 Å². The molecule has 1 aromatic carbocycles. The Morgan fingerprint density at radius 2 is 1.65 bits per heavy atom. The quantitative estimate of drug-likeness (QED) is 0.817. The minimum Gasteiger partial charge on any atom is -0.388 e. The van der Waals surface area contributed by atoms with Crippen molar-refractivity contribution in [1.29, 1.82) is 0 Å². The zero-order chi connectivity index (χ0) is 14.0. The number of hydrogen-bond acceptors (Lipinski definition) is 2. The molecule has 3 N–H and O–H groups in total. The van der Waals surface area contributed by atoms with E-state index < -0.39 is 6.10 Å². The molecule has 2 fully saturated rings. The summed E-state index contributed by atoms with van der Waals surface area (Å²) in [6.45, 7) is 0.596. The number of nitrogens with two attached hydrogens (primary N) is 1. The summed E-state index contributed by atoms with van der Waals surface area (Å²) in [5.41, 5.74) is 8.47. The summed E-state index contributed by atoms with van der Waals surface area (Å²) in [6, 6.07) is 8.66. The molecule has 1 unspecified atom stereocenters. The molecule has 3 rings (SSSR count). The third-order valence-electron chi connectivity index (χ3n) is 5.39. The number of hydrogen-bond donors (Lipinski definition) is 2. The highest BCUT2D eigenvalue weighted by Crippen LogP contribution is 2.45. The van der Waals surface area contributed by atoms with E-state index in [4.69, 9.17) is 5.73 Å². The van der Waals surface area contributed by atoms with Crippen LogP contribution < -0.4 is 5.73 Å². The smallest absolute Gasteiger partial charge is 0.0858 e. The van der Waals surface area contributed by atoms with E-state index in [1.54, 1.807) is 0 Å². The van der Waals surface area contributed by atoms with Crippen molar-refractivity contribution in [2.45, 2.75) is 63.4 Å². The molecule has 2 aliphatic rings. The third-order valence-corrected chi connectivity index (χ3v) is 5.39. The largest absolute Gasteiger partial charge is 0.388 e. The summed E-state index contributed by atoms with van der Waals surface area (Å²) in [5.74, 6) is 0.780. The molecule has 20 heavy (non-hydrogen) atoms. The van der Waals surface area contributed by atoms with Crippen LogP contribution in [0.2, 0.25) is 0 Å². The maximum Gasteiger partial charge on any atom is 0.0858 e. The van der Waals surface area contributed by atoms with Gasteiger partial charge in [0.05, 0.1) is 6.10 Å². The summed E-state index contributed by atoms with van der Waals surface area (Å²) in [6.07, 6.45) is 9.36. The lowest BCUT2D eigenvalue weighted by Crippen LogP contribution is -2.36. The predicted octanol–water partition coefficient (Wildman–Crippen LogP) is 3.90. The van der Waals surface area contributed by atoms with Gasteiger partial charge in [-0.05, 0) is 42.7 Å². The molecule has 2 nitrogen and oxygen atoms in total. The molecule has 2 aliphatic carbocycles. The second-order valence-electron chi connectivity index (χ2n) is 6.82. The molecule has 0 aromatic heterocycles. The van der Waals surface area contributed by atoms with Crippen LogP contribution in [0, 0.1) is 5.41 Å². The Bertz CT molecular complexity index is 427. The van der Waals surface area contributed by atoms with Crippen molar-refractivity contribution >= 4 is 0 Å². The lowest BCUT2D eigenvalue weighted by atomic mass is 9.73. The second kappa shape index (κ2) is 5.87. The van der Waals surface area contributed by atoms with E-state index in [0.717, 1.165) is 24.3 Å². The van der Waals surface area contributed by atoms with Crippen molar-refractivity contribution in [3.8, 4) is 0 Å². The zero-order valence-electron chi connectivity index (χ0n) is 12.4. The van der Waals surface area contributed by atoms with Gasteiger partial charge in [-0.25, -0.2) is 0 Å². The predicted molar refractivity (Wildman–Crippen MR) is 82.6 cm³/mol. The Balaban J connectivity index is 1.79. The van der Waals surface area contributed by atoms with Crippen LogP contribution in [-0.2, 0) is 0 Å². The van der Waals surface area contributed by atoms with Gasteiger partial charge in [-0.15, -0.1) is 0 Å². The molecule has 0 saturated heterocycles. The van der Waals surface area contributed by atoms with E-state index in [-0.39, 0.29) is 5.41 Å². The molecule has 1 aromatic rings. The Morgan fingerprint density at radius 1 is 1.05 bits per heavy atom. The van der Waals surface area contributed by atoms with Crippen molar-refractivity contribution in [2.24, 2.45) is 11.1 Å². The average molecular weight is 273 g/mol. The standard InChI is InChI=1S/C18H27NO/c19-13-18(11-3-1-2-4-12-18)17(20)16-9-7-15(8-10-16)14-5-6-14/h7-10,14,17,20H,1-6,11-13,19H2. The van der Waals surface area contributed by atoms with Crippen LogP contribution in [0.1, 0.15) is 74.5 Å². The fourth-order valence-corrected chi connectivity index (χ4v) is 3.74. The molecule has 110 valence electrons. The molecule has 1 atom stereocenters. The fraction of sp³-hybridized carbons (Fsp3) is 0.667. The van der Waals surface area contributed by atoms with Crippen molar-refractivity contribution in [3.05, 3.63) is 35.4 Å². The number of aliphatic hydroxyl groups is 1. The molecular formula is C18H27NO. The van der Waals surface area contributed by atoms with Gasteiger partial charge in [0.15, 0.2) is 0 Å². The summed E-state index contributed by atoms with van der Waals surface area (Å²) < 4.78 is 0. The number of aliphatic hydroxyl groups excluding tert-OH is 1. The summed E-state index contributed by atoms with van der Waals surface area (Å²) in [7, 11) is 0. The highest BCUT2D eigenvalue weighted by atomic mass is 16.3. The second-order valence-corrected chi connectivity index (χ2v) is 6.82. The number of rotatable bonds is 4. The Kier molecular flexibility index (Phi) is 4.13. The highest BCUT2D eigenvalue weighted by molar-refractivity contribution is 5.30. The summed E-state index contributed by atoms with van der Waals surface area (Å²) in [4.78, 5) is 0. The molecule has 0 amide bonds. The van der Waals surface area contributed by atoms with Gasteiger partial charge < -0.3 is 10.8 Å². The van der Waals surface area contributed by atoms with E-state index >= 15 is 0 Å². The zero-order valence-corrected chi connectivity index (χ0v) is 12.4. The topological polar surface area (TPSA) is 46.2 Å². The van der Waals surface area contributed by atoms with Crippen LogP contribution in [0.15, 0.2) is 24.3 Å². The van der Waals surface area contributed by atoms with Crippen LogP contribution in [0.5, 0.6) is 0 Å². The van der Waals surface area contributed by atoms with E-state index in [9.17, 15) is 5.11 Å². The van der Waals surface area contributed by atoms with Gasteiger partial charge in [0.25, 0.3) is 0 Å². The van der Waals surface area contributed by atoms with Crippen LogP contribution in [0.25, 0.3) is 0 Å². The monoisotopic (exact) mass is 273 g/mol. The van der Waals surface area contributed by atoms with Crippen LogP contribution in [-0.4, -0.2) is 11.7 Å². The Morgan fingerprint density at radius 3 is 2.15 bits per heavy atom.